The molecule has 0 unspecified atom stereocenters. The number of carboxylic acid groups (broad SMARTS) is 1. The smallest absolute Gasteiger partial charge is 0.337 e. The lowest BCUT2D eigenvalue weighted by Gasteiger charge is -2.20. The van der Waals surface area contributed by atoms with Crippen LogP contribution >= 0.6 is 0 Å². The summed E-state index contributed by atoms with van der Waals surface area (Å²) in [5, 5.41) is 12.0. The standard InChI is InChI=1S/C14H19N3O3/c1-8-5-10(6-11(13(8)15)14(19)20)17(2)7-12(18)16-9-3-4-9/h5-6,9H,3-4,7,15H2,1-2H3,(H,16,18)(H,19,20). The van der Waals surface area contributed by atoms with Crippen molar-refractivity contribution in [3.8, 4) is 0 Å². The number of hydrogen-bond acceptors (Lipinski definition) is 4. The van der Waals surface area contributed by atoms with Gasteiger partial charge in [-0.2, -0.15) is 0 Å². The number of nitrogens with zero attached hydrogens (tertiary/aromatic N) is 1. The number of anilines is 2. The van der Waals surface area contributed by atoms with Crippen molar-refractivity contribution < 1.29 is 14.7 Å². The molecule has 1 amide bonds. The Morgan fingerprint density at radius 3 is 2.65 bits per heavy atom. The Labute approximate surface area is 117 Å². The second kappa shape index (κ2) is 5.40. The third kappa shape index (κ3) is 3.20. The normalized spacial score (nSPS) is 13.9. The van der Waals surface area contributed by atoms with Crippen molar-refractivity contribution in [3.63, 3.8) is 0 Å². The van der Waals surface area contributed by atoms with Gasteiger partial charge in [-0.3, -0.25) is 4.79 Å². The Balaban J connectivity index is 2.14. The average Bonchev–Trinajstić information content (AvgIpc) is 3.15. The summed E-state index contributed by atoms with van der Waals surface area (Å²) in [5.41, 5.74) is 7.43. The molecule has 4 N–H and O–H groups in total. The zero-order valence-corrected chi connectivity index (χ0v) is 11.6. The Morgan fingerprint density at radius 2 is 2.10 bits per heavy atom. The molecule has 0 heterocycles. The molecule has 1 fully saturated rings. The molecule has 0 bridgehead atoms. The van der Waals surface area contributed by atoms with Gasteiger partial charge in [-0.25, -0.2) is 4.79 Å². The molecule has 6 nitrogen and oxygen atoms in total. The maximum atomic E-state index is 11.8. The molecule has 1 aromatic rings. The molecule has 20 heavy (non-hydrogen) atoms. The first-order valence-electron chi connectivity index (χ1n) is 6.52. The molecule has 108 valence electrons. The van der Waals surface area contributed by atoms with Crippen molar-refractivity contribution >= 4 is 23.3 Å². The second-order valence-electron chi connectivity index (χ2n) is 5.23. The number of nitrogens with two attached hydrogens (primary N) is 1. The summed E-state index contributed by atoms with van der Waals surface area (Å²) < 4.78 is 0. The van der Waals surface area contributed by atoms with Crippen LogP contribution in [-0.4, -0.2) is 36.6 Å². The van der Waals surface area contributed by atoms with E-state index in [0.717, 1.165) is 12.8 Å². The number of hydrogen-bond donors (Lipinski definition) is 3. The largest absolute Gasteiger partial charge is 0.478 e. The van der Waals surface area contributed by atoms with E-state index in [0.29, 0.717) is 17.3 Å². The zero-order chi connectivity index (χ0) is 14.9. The fourth-order valence-corrected chi connectivity index (χ4v) is 1.98. The van der Waals surface area contributed by atoms with Crippen molar-refractivity contribution in [1.29, 1.82) is 0 Å². The second-order valence-corrected chi connectivity index (χ2v) is 5.23. The van der Waals surface area contributed by atoms with Gasteiger partial charge in [0.15, 0.2) is 0 Å². The number of aryl methyl sites for hydroxylation is 1. The maximum Gasteiger partial charge on any atom is 0.337 e. The van der Waals surface area contributed by atoms with Crippen molar-refractivity contribution in [3.05, 3.63) is 23.3 Å². The number of aromatic carboxylic acids is 1. The number of likely N-dealkylation sites (N-methyl/N-ethyl adjacent to an activating group) is 1. The van der Waals surface area contributed by atoms with E-state index >= 15 is 0 Å². The fourth-order valence-electron chi connectivity index (χ4n) is 1.98. The van der Waals surface area contributed by atoms with E-state index in [1.54, 1.807) is 24.9 Å². The predicted molar refractivity (Wildman–Crippen MR) is 77.0 cm³/mol. The summed E-state index contributed by atoms with van der Waals surface area (Å²) in [6.07, 6.45) is 2.08. The van der Waals surface area contributed by atoms with Crippen LogP contribution in [0.2, 0.25) is 0 Å². The first-order chi connectivity index (χ1) is 9.38. The van der Waals surface area contributed by atoms with Crippen molar-refractivity contribution in [2.75, 3.05) is 24.2 Å². The highest BCUT2D eigenvalue weighted by Gasteiger charge is 2.23. The van der Waals surface area contributed by atoms with Crippen LogP contribution in [0.1, 0.15) is 28.8 Å². The molecule has 1 aliphatic rings. The molecular weight excluding hydrogens is 258 g/mol. The van der Waals surface area contributed by atoms with E-state index in [4.69, 9.17) is 10.8 Å². The molecule has 0 atom stereocenters. The van der Waals surface area contributed by atoms with Crippen molar-refractivity contribution in [2.24, 2.45) is 0 Å². The minimum absolute atomic E-state index is 0.0543. The molecule has 0 spiro atoms. The van der Waals surface area contributed by atoms with E-state index in [9.17, 15) is 9.59 Å². The minimum atomic E-state index is -1.07. The summed E-state index contributed by atoms with van der Waals surface area (Å²) in [5.74, 6) is -1.12. The number of nitrogen functional groups attached to an aromatic ring is 1. The molecule has 0 radical (unpaired) electrons. The van der Waals surface area contributed by atoms with Crippen LogP contribution in [0.25, 0.3) is 0 Å². The Morgan fingerprint density at radius 1 is 1.45 bits per heavy atom. The van der Waals surface area contributed by atoms with Gasteiger partial charge >= 0.3 is 5.97 Å². The minimum Gasteiger partial charge on any atom is -0.478 e. The van der Waals surface area contributed by atoms with E-state index in [1.165, 1.54) is 6.07 Å². The number of amides is 1. The molecule has 0 aromatic heterocycles. The van der Waals surface area contributed by atoms with Gasteiger partial charge in [0.1, 0.15) is 0 Å². The van der Waals surface area contributed by atoms with Gasteiger partial charge < -0.3 is 21.1 Å². The van der Waals surface area contributed by atoms with Crippen LogP contribution in [0.3, 0.4) is 0 Å². The Hall–Kier alpha value is -2.24. The number of nitrogens with one attached hydrogen (secondary N) is 1. The number of rotatable bonds is 5. The van der Waals surface area contributed by atoms with E-state index < -0.39 is 5.97 Å². The lowest BCUT2D eigenvalue weighted by atomic mass is 10.1. The van der Waals surface area contributed by atoms with Crippen LogP contribution < -0.4 is 16.0 Å². The number of carbonyl (C=O) groups excluding carboxylic acids is 1. The number of carbonyl (C=O) groups is 2. The number of benzene rings is 1. The van der Waals surface area contributed by atoms with Crippen LogP contribution in [0, 0.1) is 6.92 Å². The average molecular weight is 277 g/mol. The Kier molecular flexibility index (Phi) is 3.83. The van der Waals surface area contributed by atoms with Crippen LogP contribution in [0.15, 0.2) is 12.1 Å². The third-order valence-corrected chi connectivity index (χ3v) is 3.37. The van der Waals surface area contributed by atoms with Gasteiger partial charge in [-0.15, -0.1) is 0 Å². The van der Waals surface area contributed by atoms with Gasteiger partial charge in [0, 0.05) is 24.5 Å². The lowest BCUT2D eigenvalue weighted by molar-refractivity contribution is -0.119. The topological polar surface area (TPSA) is 95.7 Å². The molecule has 2 rings (SSSR count). The first-order valence-corrected chi connectivity index (χ1v) is 6.52. The van der Waals surface area contributed by atoms with E-state index in [-0.39, 0.29) is 23.7 Å². The lowest BCUT2D eigenvalue weighted by Crippen LogP contribution is -2.36. The third-order valence-electron chi connectivity index (χ3n) is 3.37. The van der Waals surface area contributed by atoms with Crippen molar-refractivity contribution in [1.82, 2.24) is 5.32 Å². The summed E-state index contributed by atoms with van der Waals surface area (Å²) in [7, 11) is 1.75. The molecule has 1 saturated carbocycles. The summed E-state index contributed by atoms with van der Waals surface area (Å²) in [4.78, 5) is 24.6. The highest BCUT2D eigenvalue weighted by molar-refractivity contribution is 5.96. The zero-order valence-electron chi connectivity index (χ0n) is 11.6. The van der Waals surface area contributed by atoms with Crippen LogP contribution in [-0.2, 0) is 4.79 Å². The quantitative estimate of drug-likeness (QED) is 0.698. The highest BCUT2D eigenvalue weighted by atomic mass is 16.4. The summed E-state index contributed by atoms with van der Waals surface area (Å²) in [6, 6.07) is 3.60. The highest BCUT2D eigenvalue weighted by Crippen LogP contribution is 2.25. The van der Waals surface area contributed by atoms with Gasteiger partial charge in [-0.1, -0.05) is 0 Å². The molecule has 0 aliphatic heterocycles. The Bertz CT molecular complexity index is 553. The monoisotopic (exact) mass is 277 g/mol. The molecule has 0 saturated heterocycles. The predicted octanol–water partition coefficient (Wildman–Crippen LogP) is 0.990. The number of carboxylic acids is 1. The molecule has 6 heteroatoms. The molecular formula is C14H19N3O3. The summed E-state index contributed by atoms with van der Waals surface area (Å²) >= 11 is 0. The molecule has 1 aromatic carbocycles. The molecule has 1 aliphatic carbocycles. The fraction of sp³-hybridized carbons (Fsp3) is 0.429. The van der Waals surface area contributed by atoms with Crippen LogP contribution in [0.5, 0.6) is 0 Å². The van der Waals surface area contributed by atoms with Gasteiger partial charge in [0.05, 0.1) is 12.1 Å². The van der Waals surface area contributed by atoms with Crippen LogP contribution in [0.4, 0.5) is 11.4 Å². The van der Waals surface area contributed by atoms with Gasteiger partial charge in [-0.05, 0) is 37.5 Å². The van der Waals surface area contributed by atoms with E-state index in [1.807, 2.05) is 0 Å². The summed E-state index contributed by atoms with van der Waals surface area (Å²) in [6.45, 7) is 1.95. The van der Waals surface area contributed by atoms with Crippen molar-refractivity contribution in [2.45, 2.75) is 25.8 Å². The van der Waals surface area contributed by atoms with E-state index in [2.05, 4.69) is 5.32 Å². The van der Waals surface area contributed by atoms with Gasteiger partial charge in [0.25, 0.3) is 0 Å². The first kappa shape index (κ1) is 14.2. The van der Waals surface area contributed by atoms with Gasteiger partial charge in [0.2, 0.25) is 5.91 Å². The maximum absolute atomic E-state index is 11.8. The SMILES string of the molecule is Cc1cc(N(C)CC(=O)NC2CC2)cc(C(=O)O)c1N.